The van der Waals surface area contributed by atoms with Gasteiger partial charge in [0.2, 0.25) is 19.9 Å². The zero-order valence-electron chi connectivity index (χ0n) is 23.6. The summed E-state index contributed by atoms with van der Waals surface area (Å²) in [4.78, 5) is -0.0390. The van der Waals surface area contributed by atoms with Crippen molar-refractivity contribution < 1.29 is 16.8 Å². The number of sulfone groups is 1. The zero-order valence-corrected chi connectivity index (χ0v) is 26.0. The molecule has 0 bridgehead atoms. The SMILES string of the molecule is Cc1ccc(S(=O)(=O)NC(C(=C(c2ccccc2)c2ccccc2)S(=O)(=O)c2ccc(C)cc2)c2ccc(Cl)cc2)cc1. The van der Waals surface area contributed by atoms with Crippen molar-refractivity contribution >= 4 is 37.0 Å². The lowest BCUT2D eigenvalue weighted by atomic mass is 9.94. The number of hydrogen-bond donors (Lipinski definition) is 1. The minimum atomic E-state index is -4.31. The maximum Gasteiger partial charge on any atom is 0.241 e. The van der Waals surface area contributed by atoms with Crippen molar-refractivity contribution in [1.29, 1.82) is 0 Å². The van der Waals surface area contributed by atoms with Gasteiger partial charge in [-0.05, 0) is 66.9 Å². The molecule has 0 aliphatic carbocycles. The Kier molecular flexibility index (Phi) is 8.99. The quantitative estimate of drug-likeness (QED) is 0.180. The van der Waals surface area contributed by atoms with E-state index in [9.17, 15) is 16.8 Å². The first kappa shape index (κ1) is 30.4. The molecule has 0 aliphatic rings. The van der Waals surface area contributed by atoms with E-state index in [2.05, 4.69) is 4.72 Å². The van der Waals surface area contributed by atoms with Crippen LogP contribution in [0.25, 0.3) is 5.57 Å². The molecule has 8 heteroatoms. The van der Waals surface area contributed by atoms with Gasteiger partial charge in [0, 0.05) is 10.6 Å². The summed E-state index contributed by atoms with van der Waals surface area (Å²) in [5.74, 6) is 0. The van der Waals surface area contributed by atoms with E-state index in [-0.39, 0.29) is 14.7 Å². The molecule has 5 nitrogen and oxygen atoms in total. The van der Waals surface area contributed by atoms with Crippen molar-refractivity contribution in [2.45, 2.75) is 29.7 Å². The maximum atomic E-state index is 14.9. The van der Waals surface area contributed by atoms with Crippen LogP contribution in [0, 0.1) is 13.8 Å². The molecule has 0 fully saturated rings. The summed E-state index contributed by atoms with van der Waals surface area (Å²) in [5.41, 5.74) is 3.82. The summed E-state index contributed by atoms with van der Waals surface area (Å²) in [6, 6.07) is 36.4. The molecule has 1 unspecified atom stereocenters. The van der Waals surface area contributed by atoms with Crippen molar-refractivity contribution in [3.05, 3.63) is 171 Å². The Morgan fingerprint density at radius 1 is 0.581 bits per heavy atom. The second-order valence-electron chi connectivity index (χ2n) is 10.2. The van der Waals surface area contributed by atoms with Gasteiger partial charge in [0.05, 0.1) is 20.7 Å². The number of sulfonamides is 1. The van der Waals surface area contributed by atoms with Crippen LogP contribution < -0.4 is 4.72 Å². The Hall–Kier alpha value is -4.01. The predicted molar refractivity (Wildman–Crippen MR) is 173 cm³/mol. The largest absolute Gasteiger partial charge is 0.241 e. The molecule has 1 atom stereocenters. The highest BCUT2D eigenvalue weighted by atomic mass is 35.5. The van der Waals surface area contributed by atoms with Gasteiger partial charge in [0.25, 0.3) is 0 Å². The molecule has 5 aromatic carbocycles. The van der Waals surface area contributed by atoms with Gasteiger partial charge in [-0.25, -0.2) is 16.8 Å². The minimum Gasteiger partial charge on any atom is -0.219 e. The van der Waals surface area contributed by atoms with Crippen molar-refractivity contribution in [3.8, 4) is 0 Å². The molecule has 0 radical (unpaired) electrons. The summed E-state index contributed by atoms with van der Waals surface area (Å²) < 4.78 is 60.4. The average molecular weight is 628 g/mol. The molecule has 43 heavy (non-hydrogen) atoms. The van der Waals surface area contributed by atoms with Crippen LogP contribution in [0.4, 0.5) is 0 Å². The van der Waals surface area contributed by atoms with Gasteiger partial charge >= 0.3 is 0 Å². The molecule has 0 amide bonds. The first-order valence-electron chi connectivity index (χ1n) is 13.6. The molecular weight excluding hydrogens is 598 g/mol. The molecule has 0 saturated carbocycles. The molecule has 0 heterocycles. The monoisotopic (exact) mass is 627 g/mol. The highest BCUT2D eigenvalue weighted by Crippen LogP contribution is 2.41. The van der Waals surface area contributed by atoms with Gasteiger partial charge in [0.1, 0.15) is 0 Å². The van der Waals surface area contributed by atoms with Crippen molar-refractivity contribution in [2.24, 2.45) is 0 Å². The topological polar surface area (TPSA) is 80.3 Å². The first-order chi connectivity index (χ1) is 20.6. The second-order valence-corrected chi connectivity index (χ2v) is 14.3. The van der Waals surface area contributed by atoms with E-state index in [4.69, 9.17) is 11.6 Å². The van der Waals surface area contributed by atoms with E-state index < -0.39 is 25.9 Å². The third-order valence-corrected chi connectivity index (χ3v) is 10.7. The van der Waals surface area contributed by atoms with E-state index in [1.807, 2.05) is 74.5 Å². The molecule has 0 aromatic heterocycles. The molecule has 218 valence electrons. The third-order valence-electron chi connectivity index (χ3n) is 7.06. The summed E-state index contributed by atoms with van der Waals surface area (Å²) in [7, 11) is -8.52. The van der Waals surface area contributed by atoms with Crippen LogP contribution in [0.3, 0.4) is 0 Å². The van der Waals surface area contributed by atoms with E-state index >= 15 is 0 Å². The maximum absolute atomic E-state index is 14.9. The van der Waals surface area contributed by atoms with Crippen LogP contribution in [0.2, 0.25) is 5.02 Å². The van der Waals surface area contributed by atoms with Crippen LogP contribution >= 0.6 is 11.6 Å². The molecule has 0 spiro atoms. The summed E-state index contributed by atoms with van der Waals surface area (Å²) in [5, 5.41) is 0.433. The van der Waals surface area contributed by atoms with Crippen LogP contribution in [0.1, 0.15) is 33.9 Å². The van der Waals surface area contributed by atoms with Crippen LogP contribution in [-0.4, -0.2) is 16.8 Å². The van der Waals surface area contributed by atoms with Crippen LogP contribution in [0.15, 0.2) is 148 Å². The fourth-order valence-electron chi connectivity index (χ4n) is 4.81. The van der Waals surface area contributed by atoms with Gasteiger partial charge in [-0.1, -0.05) is 120 Å². The van der Waals surface area contributed by atoms with Gasteiger partial charge in [-0.15, -0.1) is 0 Å². The highest BCUT2D eigenvalue weighted by molar-refractivity contribution is 7.95. The zero-order chi connectivity index (χ0) is 30.6. The van der Waals surface area contributed by atoms with Gasteiger partial charge in [-0.2, -0.15) is 4.72 Å². The average Bonchev–Trinajstić information content (AvgIpc) is 3.00. The Morgan fingerprint density at radius 3 is 1.49 bits per heavy atom. The van der Waals surface area contributed by atoms with E-state index in [1.54, 1.807) is 60.7 Å². The Bertz CT molecular complexity index is 1910. The number of halogens is 1. The highest BCUT2D eigenvalue weighted by Gasteiger charge is 2.36. The lowest BCUT2D eigenvalue weighted by molar-refractivity contribution is 0.570. The molecular formula is C35H30ClNO4S2. The van der Waals surface area contributed by atoms with Crippen LogP contribution in [0.5, 0.6) is 0 Å². The summed E-state index contributed by atoms with van der Waals surface area (Å²) in [6.07, 6.45) is 0. The standard InChI is InChI=1S/C35H30ClNO4S2/c1-25-13-21-31(22-14-25)42(38,39)35(33(27-9-5-3-6-10-27)28-11-7-4-8-12-28)34(29-17-19-30(36)20-18-29)37-43(40,41)32-23-15-26(2)16-24-32/h3-24,34,37H,1-2H3. The normalized spacial score (nSPS) is 12.4. The number of rotatable bonds is 9. The van der Waals surface area contributed by atoms with Crippen molar-refractivity contribution in [2.75, 3.05) is 0 Å². The molecule has 5 aromatic rings. The number of nitrogens with one attached hydrogen (secondary N) is 1. The van der Waals surface area contributed by atoms with Gasteiger partial charge in [0.15, 0.2) is 0 Å². The van der Waals surface area contributed by atoms with Crippen LogP contribution in [-0.2, 0) is 19.9 Å². The predicted octanol–water partition coefficient (Wildman–Crippen LogP) is 7.91. The Morgan fingerprint density at radius 2 is 1.02 bits per heavy atom. The Balaban J connectivity index is 1.89. The van der Waals surface area contributed by atoms with Gasteiger partial charge < -0.3 is 0 Å². The first-order valence-corrected chi connectivity index (χ1v) is 16.9. The molecule has 0 aliphatic heterocycles. The third kappa shape index (κ3) is 6.81. The lowest BCUT2D eigenvalue weighted by Gasteiger charge is -2.26. The van der Waals surface area contributed by atoms with E-state index in [1.165, 1.54) is 12.1 Å². The van der Waals surface area contributed by atoms with Gasteiger partial charge in [-0.3, -0.25) is 0 Å². The summed E-state index contributed by atoms with van der Waals surface area (Å²) >= 11 is 6.23. The van der Waals surface area contributed by atoms with E-state index in [0.29, 0.717) is 27.3 Å². The lowest BCUT2D eigenvalue weighted by Crippen LogP contribution is -2.33. The molecule has 1 N–H and O–H groups in total. The minimum absolute atomic E-state index is 0.0186. The van der Waals surface area contributed by atoms with Crippen molar-refractivity contribution in [1.82, 2.24) is 4.72 Å². The number of benzene rings is 5. The fourth-order valence-corrected chi connectivity index (χ4v) is 7.96. The number of aryl methyl sites for hydroxylation is 2. The molecule has 5 rings (SSSR count). The Labute approximate surface area is 258 Å². The molecule has 0 saturated heterocycles. The smallest absolute Gasteiger partial charge is 0.219 e. The van der Waals surface area contributed by atoms with Crippen molar-refractivity contribution in [3.63, 3.8) is 0 Å². The van der Waals surface area contributed by atoms with E-state index in [0.717, 1.165) is 11.1 Å². The fraction of sp³-hybridized carbons (Fsp3) is 0.0857. The number of hydrogen-bond acceptors (Lipinski definition) is 4. The second kappa shape index (κ2) is 12.7. The summed E-state index contributed by atoms with van der Waals surface area (Å²) in [6.45, 7) is 3.74.